The largest absolute Gasteiger partial charge is 0.322 e. The Kier molecular flexibility index (Phi) is 3.62. The van der Waals surface area contributed by atoms with E-state index >= 15 is 0 Å². The molecule has 6 heteroatoms. The number of amides is 1. The molecule has 0 spiro atoms. The number of hydrogen-bond acceptors (Lipinski definition) is 4. The second-order valence-electron chi connectivity index (χ2n) is 4.56. The van der Waals surface area contributed by atoms with Crippen LogP contribution in [0.1, 0.15) is 15.9 Å². The number of aromatic nitrogens is 3. The number of carbonyl (C=O) groups excluding carboxylic acids is 1. The Balaban J connectivity index is 1.80. The Morgan fingerprint density at radius 2 is 1.82 bits per heavy atom. The Morgan fingerprint density at radius 3 is 2.50 bits per heavy atom. The van der Waals surface area contributed by atoms with Gasteiger partial charge in [0.15, 0.2) is 0 Å². The van der Waals surface area contributed by atoms with E-state index in [1.165, 1.54) is 0 Å². The summed E-state index contributed by atoms with van der Waals surface area (Å²) in [6, 6.07) is 15.9. The van der Waals surface area contributed by atoms with E-state index in [4.69, 9.17) is 5.26 Å². The van der Waals surface area contributed by atoms with E-state index in [1.54, 1.807) is 59.7 Å². The molecular weight excluding hydrogens is 278 g/mol. The molecule has 0 aliphatic carbocycles. The summed E-state index contributed by atoms with van der Waals surface area (Å²) in [5.41, 5.74) is 2.51. The molecule has 3 rings (SSSR count). The molecule has 0 unspecified atom stereocenters. The van der Waals surface area contributed by atoms with E-state index in [9.17, 15) is 4.79 Å². The molecule has 1 amide bonds. The van der Waals surface area contributed by atoms with E-state index in [0.29, 0.717) is 16.8 Å². The molecule has 106 valence electrons. The van der Waals surface area contributed by atoms with Crippen molar-refractivity contribution in [3.63, 3.8) is 0 Å². The predicted molar refractivity (Wildman–Crippen MR) is 80.5 cm³/mol. The molecule has 6 nitrogen and oxygen atoms in total. The van der Waals surface area contributed by atoms with Crippen molar-refractivity contribution in [1.29, 1.82) is 5.26 Å². The zero-order chi connectivity index (χ0) is 15.4. The van der Waals surface area contributed by atoms with Crippen molar-refractivity contribution in [1.82, 2.24) is 14.8 Å². The molecule has 0 bridgehead atoms. The Bertz CT molecular complexity index is 832. The monoisotopic (exact) mass is 289 g/mol. The van der Waals surface area contributed by atoms with Crippen molar-refractivity contribution in [2.75, 3.05) is 5.32 Å². The third kappa shape index (κ3) is 2.83. The zero-order valence-electron chi connectivity index (χ0n) is 11.5. The van der Waals surface area contributed by atoms with E-state index in [2.05, 4.69) is 15.5 Å². The molecule has 0 atom stereocenters. The summed E-state index contributed by atoms with van der Waals surface area (Å²) >= 11 is 0. The van der Waals surface area contributed by atoms with Gasteiger partial charge in [-0.1, -0.05) is 6.07 Å². The van der Waals surface area contributed by atoms with Crippen LogP contribution >= 0.6 is 0 Å². The van der Waals surface area contributed by atoms with Crippen LogP contribution in [-0.4, -0.2) is 20.7 Å². The van der Waals surface area contributed by atoms with Gasteiger partial charge in [0.05, 0.1) is 11.6 Å². The smallest absolute Gasteiger partial charge is 0.255 e. The molecule has 0 radical (unpaired) electrons. The average Bonchev–Trinajstić information content (AvgIpc) is 3.10. The van der Waals surface area contributed by atoms with Crippen molar-refractivity contribution >= 4 is 11.6 Å². The third-order valence-corrected chi connectivity index (χ3v) is 3.10. The van der Waals surface area contributed by atoms with Crippen LogP contribution in [0.2, 0.25) is 0 Å². The third-order valence-electron chi connectivity index (χ3n) is 3.10. The molecule has 0 aliphatic rings. The van der Waals surface area contributed by atoms with E-state index in [-0.39, 0.29) is 5.91 Å². The Morgan fingerprint density at radius 1 is 1.09 bits per heavy atom. The molecule has 3 aromatic rings. The lowest BCUT2D eigenvalue weighted by atomic mass is 10.1. The maximum absolute atomic E-state index is 12.3. The standard InChI is InChI=1S/C16H11N5O/c17-9-12-4-6-14(7-5-12)20-16(22)13-2-1-3-15(8-13)21-10-18-19-11-21/h1-8,10-11H,(H,20,22). The summed E-state index contributed by atoms with van der Waals surface area (Å²) in [6.07, 6.45) is 3.13. The zero-order valence-corrected chi connectivity index (χ0v) is 11.5. The first-order chi connectivity index (χ1) is 10.8. The van der Waals surface area contributed by atoms with Gasteiger partial charge in [-0.2, -0.15) is 5.26 Å². The highest BCUT2D eigenvalue weighted by Gasteiger charge is 2.07. The van der Waals surface area contributed by atoms with Crippen LogP contribution in [0.4, 0.5) is 5.69 Å². The highest BCUT2D eigenvalue weighted by molar-refractivity contribution is 6.04. The first kappa shape index (κ1) is 13.5. The summed E-state index contributed by atoms with van der Waals surface area (Å²) in [5.74, 6) is -0.223. The van der Waals surface area contributed by atoms with Gasteiger partial charge < -0.3 is 5.32 Å². The van der Waals surface area contributed by atoms with Crippen LogP contribution in [0.3, 0.4) is 0 Å². The molecular formula is C16H11N5O. The van der Waals surface area contributed by atoms with Crippen LogP contribution in [-0.2, 0) is 0 Å². The van der Waals surface area contributed by atoms with Gasteiger partial charge in [0.1, 0.15) is 12.7 Å². The second-order valence-corrected chi connectivity index (χ2v) is 4.56. The van der Waals surface area contributed by atoms with Gasteiger partial charge in [-0.15, -0.1) is 10.2 Å². The van der Waals surface area contributed by atoms with E-state index in [1.807, 2.05) is 12.1 Å². The first-order valence-corrected chi connectivity index (χ1v) is 6.53. The van der Waals surface area contributed by atoms with Gasteiger partial charge in [0, 0.05) is 16.9 Å². The van der Waals surface area contributed by atoms with E-state index < -0.39 is 0 Å². The van der Waals surface area contributed by atoms with Crippen molar-refractivity contribution < 1.29 is 4.79 Å². The van der Waals surface area contributed by atoms with Crippen molar-refractivity contribution in [3.8, 4) is 11.8 Å². The fraction of sp³-hybridized carbons (Fsp3) is 0. The van der Waals surface area contributed by atoms with E-state index in [0.717, 1.165) is 5.69 Å². The molecule has 1 heterocycles. The number of benzene rings is 2. The number of nitrogens with zero attached hydrogens (tertiary/aromatic N) is 4. The van der Waals surface area contributed by atoms with Crippen LogP contribution in [0.15, 0.2) is 61.2 Å². The topological polar surface area (TPSA) is 83.6 Å². The molecule has 22 heavy (non-hydrogen) atoms. The SMILES string of the molecule is N#Cc1ccc(NC(=O)c2cccc(-n3cnnc3)c2)cc1. The van der Waals surface area contributed by atoms with Crippen LogP contribution < -0.4 is 5.32 Å². The normalized spacial score (nSPS) is 9.95. The number of nitrogens with one attached hydrogen (secondary N) is 1. The molecule has 1 aromatic heterocycles. The Labute approximate surface area is 126 Å². The minimum atomic E-state index is -0.223. The minimum Gasteiger partial charge on any atom is -0.322 e. The van der Waals surface area contributed by atoms with Crippen molar-refractivity contribution in [2.45, 2.75) is 0 Å². The number of carbonyl (C=O) groups is 1. The van der Waals surface area contributed by atoms with Crippen molar-refractivity contribution in [3.05, 3.63) is 72.3 Å². The molecule has 0 fully saturated rings. The number of anilines is 1. The summed E-state index contributed by atoms with van der Waals surface area (Å²) in [6.45, 7) is 0. The summed E-state index contributed by atoms with van der Waals surface area (Å²) in [7, 11) is 0. The average molecular weight is 289 g/mol. The van der Waals surface area contributed by atoms with Gasteiger partial charge in [-0.3, -0.25) is 9.36 Å². The van der Waals surface area contributed by atoms with Crippen LogP contribution in [0.5, 0.6) is 0 Å². The summed E-state index contributed by atoms with van der Waals surface area (Å²) in [5, 5.41) is 19.0. The molecule has 0 saturated carbocycles. The molecule has 2 aromatic carbocycles. The maximum atomic E-state index is 12.3. The highest BCUT2D eigenvalue weighted by Crippen LogP contribution is 2.13. The number of hydrogen-bond donors (Lipinski definition) is 1. The molecule has 0 aliphatic heterocycles. The lowest BCUT2D eigenvalue weighted by molar-refractivity contribution is 0.102. The second kappa shape index (κ2) is 5.89. The fourth-order valence-electron chi connectivity index (χ4n) is 1.97. The minimum absolute atomic E-state index is 0.223. The van der Waals surface area contributed by atoms with Gasteiger partial charge in [0.25, 0.3) is 5.91 Å². The first-order valence-electron chi connectivity index (χ1n) is 6.53. The highest BCUT2D eigenvalue weighted by atomic mass is 16.1. The molecule has 1 N–H and O–H groups in total. The fourth-order valence-corrected chi connectivity index (χ4v) is 1.97. The summed E-state index contributed by atoms with van der Waals surface area (Å²) in [4.78, 5) is 12.3. The number of nitriles is 1. The van der Waals surface area contributed by atoms with Gasteiger partial charge in [0.2, 0.25) is 0 Å². The molecule has 0 saturated heterocycles. The quantitative estimate of drug-likeness (QED) is 0.802. The van der Waals surface area contributed by atoms with Crippen LogP contribution in [0, 0.1) is 11.3 Å². The van der Waals surface area contributed by atoms with Gasteiger partial charge >= 0.3 is 0 Å². The number of rotatable bonds is 3. The van der Waals surface area contributed by atoms with Crippen LogP contribution in [0.25, 0.3) is 5.69 Å². The van der Waals surface area contributed by atoms with Gasteiger partial charge in [-0.05, 0) is 42.5 Å². The maximum Gasteiger partial charge on any atom is 0.255 e. The van der Waals surface area contributed by atoms with Crippen molar-refractivity contribution in [2.24, 2.45) is 0 Å². The van der Waals surface area contributed by atoms with Gasteiger partial charge in [-0.25, -0.2) is 0 Å². The summed E-state index contributed by atoms with van der Waals surface area (Å²) < 4.78 is 1.72. The predicted octanol–water partition coefficient (Wildman–Crippen LogP) is 2.39. The lowest BCUT2D eigenvalue weighted by Gasteiger charge is -2.07. The lowest BCUT2D eigenvalue weighted by Crippen LogP contribution is -2.12. The Hall–Kier alpha value is -3.46.